The van der Waals surface area contributed by atoms with Gasteiger partial charge in [-0.25, -0.2) is 0 Å². The zero-order valence-corrected chi connectivity index (χ0v) is 9.12. The second-order valence-corrected chi connectivity index (χ2v) is 3.21. The molecule has 0 aromatic heterocycles. The van der Waals surface area contributed by atoms with Crippen LogP contribution in [0.15, 0.2) is 0 Å². The van der Waals surface area contributed by atoms with E-state index in [9.17, 15) is 9.59 Å². The van der Waals surface area contributed by atoms with Crippen molar-refractivity contribution in [2.24, 2.45) is 5.92 Å². The van der Waals surface area contributed by atoms with Gasteiger partial charge in [-0.15, -0.1) is 0 Å². The van der Waals surface area contributed by atoms with E-state index in [1.165, 1.54) is 0 Å². The highest BCUT2D eigenvalue weighted by Gasteiger charge is 2.23. The molecule has 82 valence electrons. The predicted molar refractivity (Wildman–Crippen MR) is 54.0 cm³/mol. The van der Waals surface area contributed by atoms with Crippen molar-refractivity contribution >= 4 is 11.9 Å². The van der Waals surface area contributed by atoms with E-state index in [1.807, 2.05) is 20.8 Å². The van der Waals surface area contributed by atoms with Crippen LogP contribution in [-0.2, 0) is 9.59 Å². The number of aliphatic carboxylic acids is 1. The summed E-state index contributed by atoms with van der Waals surface area (Å²) in [5, 5.41) is 8.62. The molecule has 0 spiro atoms. The summed E-state index contributed by atoms with van der Waals surface area (Å²) in [5.41, 5.74) is 0. The van der Waals surface area contributed by atoms with Crippen molar-refractivity contribution < 1.29 is 14.7 Å². The first-order valence-corrected chi connectivity index (χ1v) is 5.07. The third-order valence-electron chi connectivity index (χ3n) is 2.34. The van der Waals surface area contributed by atoms with Crippen LogP contribution in [0, 0.1) is 5.92 Å². The Morgan fingerprint density at radius 2 is 1.71 bits per heavy atom. The minimum absolute atomic E-state index is 0.0418. The monoisotopic (exact) mass is 201 g/mol. The van der Waals surface area contributed by atoms with Gasteiger partial charge in [-0.3, -0.25) is 9.59 Å². The number of carboxylic acid groups (broad SMARTS) is 1. The largest absolute Gasteiger partial charge is 0.481 e. The SMILES string of the molecule is CCC(CC(=O)O)C(=O)N(CC)CC. The molecule has 0 fully saturated rings. The van der Waals surface area contributed by atoms with Crippen molar-refractivity contribution in [3.63, 3.8) is 0 Å². The summed E-state index contributed by atoms with van der Waals surface area (Å²) in [6.45, 7) is 6.93. The predicted octanol–water partition coefficient (Wildman–Crippen LogP) is 1.36. The lowest BCUT2D eigenvalue weighted by molar-refractivity contribution is -0.144. The van der Waals surface area contributed by atoms with E-state index in [-0.39, 0.29) is 18.2 Å². The van der Waals surface area contributed by atoms with Gasteiger partial charge in [-0.1, -0.05) is 6.92 Å². The molecule has 4 heteroatoms. The number of rotatable bonds is 6. The van der Waals surface area contributed by atoms with Crippen LogP contribution >= 0.6 is 0 Å². The smallest absolute Gasteiger partial charge is 0.304 e. The van der Waals surface area contributed by atoms with Gasteiger partial charge in [0.15, 0.2) is 0 Å². The molecule has 0 aliphatic heterocycles. The van der Waals surface area contributed by atoms with E-state index in [4.69, 9.17) is 5.11 Å². The molecule has 0 aliphatic carbocycles. The first kappa shape index (κ1) is 12.9. The van der Waals surface area contributed by atoms with Crippen molar-refractivity contribution in [3.05, 3.63) is 0 Å². The molecule has 1 atom stereocenters. The van der Waals surface area contributed by atoms with Crippen LogP contribution < -0.4 is 0 Å². The normalized spacial score (nSPS) is 12.2. The van der Waals surface area contributed by atoms with Crippen LogP contribution in [0.1, 0.15) is 33.6 Å². The molecule has 14 heavy (non-hydrogen) atoms. The highest BCUT2D eigenvalue weighted by Crippen LogP contribution is 2.12. The topological polar surface area (TPSA) is 57.6 Å². The minimum atomic E-state index is -0.905. The van der Waals surface area contributed by atoms with Crippen molar-refractivity contribution in [1.82, 2.24) is 4.90 Å². The van der Waals surface area contributed by atoms with Gasteiger partial charge in [0.2, 0.25) is 5.91 Å². The van der Waals surface area contributed by atoms with Gasteiger partial charge in [0.05, 0.1) is 6.42 Å². The maximum atomic E-state index is 11.7. The Bertz CT molecular complexity index is 200. The van der Waals surface area contributed by atoms with Gasteiger partial charge < -0.3 is 10.0 Å². The molecule has 0 rings (SSSR count). The number of carbonyl (C=O) groups is 2. The lowest BCUT2D eigenvalue weighted by atomic mass is 10.0. The van der Waals surface area contributed by atoms with E-state index < -0.39 is 5.97 Å². The Hall–Kier alpha value is -1.06. The number of nitrogens with zero attached hydrogens (tertiary/aromatic N) is 1. The van der Waals surface area contributed by atoms with E-state index >= 15 is 0 Å². The zero-order valence-electron chi connectivity index (χ0n) is 9.12. The minimum Gasteiger partial charge on any atom is -0.481 e. The standard InChI is InChI=1S/C10H19NO3/c1-4-8(7-9(12)13)10(14)11(5-2)6-3/h8H,4-7H2,1-3H3,(H,12,13). The summed E-state index contributed by atoms with van der Waals surface area (Å²) in [6.07, 6.45) is 0.521. The second kappa shape index (κ2) is 6.40. The molecular weight excluding hydrogens is 182 g/mol. The van der Waals surface area contributed by atoms with Crippen LogP contribution in [0.25, 0.3) is 0 Å². The van der Waals surface area contributed by atoms with E-state index in [1.54, 1.807) is 4.90 Å². The fourth-order valence-corrected chi connectivity index (χ4v) is 1.41. The van der Waals surface area contributed by atoms with E-state index in [2.05, 4.69) is 0 Å². The van der Waals surface area contributed by atoms with Crippen LogP contribution in [0.3, 0.4) is 0 Å². The third-order valence-corrected chi connectivity index (χ3v) is 2.34. The molecule has 0 bridgehead atoms. The van der Waals surface area contributed by atoms with Gasteiger partial charge in [0.1, 0.15) is 0 Å². The van der Waals surface area contributed by atoms with E-state index in [0.29, 0.717) is 19.5 Å². The maximum absolute atomic E-state index is 11.7. The summed E-state index contributed by atoms with van der Waals surface area (Å²) in [6, 6.07) is 0. The molecule has 0 radical (unpaired) electrons. The number of hydrogen-bond donors (Lipinski definition) is 1. The number of amides is 1. The highest BCUT2D eigenvalue weighted by molar-refractivity contribution is 5.83. The maximum Gasteiger partial charge on any atom is 0.304 e. The first-order chi connectivity index (χ1) is 6.56. The average Bonchev–Trinajstić information content (AvgIpc) is 2.15. The van der Waals surface area contributed by atoms with Crippen LogP contribution in [0.5, 0.6) is 0 Å². The fraction of sp³-hybridized carbons (Fsp3) is 0.800. The van der Waals surface area contributed by atoms with Crippen molar-refractivity contribution in [2.45, 2.75) is 33.6 Å². The molecule has 0 heterocycles. The molecule has 0 saturated heterocycles. The molecule has 0 aromatic carbocycles. The highest BCUT2D eigenvalue weighted by atomic mass is 16.4. The molecule has 0 aliphatic rings. The molecule has 4 nitrogen and oxygen atoms in total. The van der Waals surface area contributed by atoms with Gasteiger partial charge in [-0.2, -0.15) is 0 Å². The van der Waals surface area contributed by atoms with E-state index in [0.717, 1.165) is 0 Å². The molecule has 0 saturated carbocycles. The van der Waals surface area contributed by atoms with Gasteiger partial charge in [0.25, 0.3) is 0 Å². The number of carbonyl (C=O) groups excluding carboxylic acids is 1. The van der Waals surface area contributed by atoms with Crippen LogP contribution in [-0.4, -0.2) is 35.0 Å². The summed E-state index contributed by atoms with van der Waals surface area (Å²) >= 11 is 0. The Balaban J connectivity index is 4.35. The Morgan fingerprint density at radius 3 is 2.00 bits per heavy atom. The Kier molecular flexibility index (Phi) is 5.92. The zero-order chi connectivity index (χ0) is 11.1. The third kappa shape index (κ3) is 3.77. The Morgan fingerprint density at radius 1 is 1.21 bits per heavy atom. The molecule has 1 unspecified atom stereocenters. The quantitative estimate of drug-likeness (QED) is 0.705. The first-order valence-electron chi connectivity index (χ1n) is 5.07. The van der Waals surface area contributed by atoms with Crippen molar-refractivity contribution in [2.75, 3.05) is 13.1 Å². The molecule has 1 amide bonds. The van der Waals surface area contributed by atoms with Crippen LogP contribution in [0.4, 0.5) is 0 Å². The fourth-order valence-electron chi connectivity index (χ4n) is 1.41. The molecular formula is C10H19NO3. The number of hydrogen-bond acceptors (Lipinski definition) is 2. The average molecular weight is 201 g/mol. The lowest BCUT2D eigenvalue weighted by Gasteiger charge is -2.23. The molecule has 1 N–H and O–H groups in total. The summed E-state index contributed by atoms with van der Waals surface area (Å²) in [7, 11) is 0. The summed E-state index contributed by atoms with van der Waals surface area (Å²) in [4.78, 5) is 23.9. The molecule has 0 aromatic rings. The number of carboxylic acids is 1. The van der Waals surface area contributed by atoms with Gasteiger partial charge in [0, 0.05) is 19.0 Å². The lowest BCUT2D eigenvalue weighted by Crippen LogP contribution is -2.36. The van der Waals surface area contributed by atoms with Gasteiger partial charge >= 0.3 is 5.97 Å². The van der Waals surface area contributed by atoms with Crippen molar-refractivity contribution in [1.29, 1.82) is 0 Å². The van der Waals surface area contributed by atoms with Crippen molar-refractivity contribution in [3.8, 4) is 0 Å². The summed E-state index contributed by atoms with van der Waals surface area (Å²) < 4.78 is 0. The summed E-state index contributed by atoms with van der Waals surface area (Å²) in [5.74, 6) is -1.32. The second-order valence-electron chi connectivity index (χ2n) is 3.21. The van der Waals surface area contributed by atoms with Gasteiger partial charge in [-0.05, 0) is 20.3 Å². The Labute approximate surface area is 84.9 Å². The van der Waals surface area contributed by atoms with Crippen LogP contribution in [0.2, 0.25) is 0 Å².